The van der Waals surface area contributed by atoms with Crippen molar-refractivity contribution >= 4 is 33.2 Å². The molecule has 0 spiro atoms. The fraction of sp³-hybridized carbons (Fsp3) is 0.278. The van der Waals surface area contributed by atoms with E-state index in [0.29, 0.717) is 22.0 Å². The largest absolute Gasteiger partial charge is 0.478 e. The van der Waals surface area contributed by atoms with E-state index in [1.807, 2.05) is 12.1 Å². The Hall–Kier alpha value is -2.09. The molecule has 1 aliphatic rings. The molecule has 1 heterocycles. The molecule has 1 aliphatic heterocycles. The summed E-state index contributed by atoms with van der Waals surface area (Å²) >= 11 is 6.01. The van der Waals surface area contributed by atoms with E-state index in [2.05, 4.69) is 4.72 Å². The highest BCUT2D eigenvalue weighted by Crippen LogP contribution is 2.33. The first kappa shape index (κ1) is 18.7. The van der Waals surface area contributed by atoms with Gasteiger partial charge < -0.3 is 9.64 Å². The van der Waals surface area contributed by atoms with E-state index in [9.17, 15) is 13.2 Å². The standard InChI is InChI=1S/C18H19ClN2O4S/c1-21-15-8-4-5-9-16(15)25-17(18(21)22)10-11-20-26(23,24)12-13-6-2-3-7-14(13)19/h2-9,17,20H,10-12H2,1H3. The number of halogens is 1. The molecule has 0 aliphatic carbocycles. The van der Waals surface area contributed by atoms with Crippen LogP contribution >= 0.6 is 11.6 Å². The molecule has 1 unspecified atom stereocenters. The van der Waals surface area contributed by atoms with E-state index in [-0.39, 0.29) is 24.6 Å². The van der Waals surface area contributed by atoms with E-state index in [0.717, 1.165) is 0 Å². The average Bonchev–Trinajstić information content (AvgIpc) is 2.61. The van der Waals surface area contributed by atoms with Crippen LogP contribution in [0.15, 0.2) is 48.5 Å². The van der Waals surface area contributed by atoms with Crippen LogP contribution in [0, 0.1) is 0 Å². The highest BCUT2D eigenvalue weighted by Gasteiger charge is 2.31. The van der Waals surface area contributed by atoms with Crippen molar-refractivity contribution in [2.24, 2.45) is 0 Å². The zero-order valence-corrected chi connectivity index (χ0v) is 15.8. The van der Waals surface area contributed by atoms with Gasteiger partial charge in [-0.2, -0.15) is 0 Å². The van der Waals surface area contributed by atoms with Gasteiger partial charge in [-0.1, -0.05) is 41.9 Å². The van der Waals surface area contributed by atoms with E-state index < -0.39 is 16.1 Å². The summed E-state index contributed by atoms with van der Waals surface area (Å²) in [5.74, 6) is 0.196. The highest BCUT2D eigenvalue weighted by molar-refractivity contribution is 7.88. The molecule has 0 bridgehead atoms. The van der Waals surface area contributed by atoms with Gasteiger partial charge in [0.05, 0.1) is 11.4 Å². The summed E-state index contributed by atoms with van der Waals surface area (Å²) in [6.45, 7) is 0.0964. The monoisotopic (exact) mass is 394 g/mol. The molecule has 1 N–H and O–H groups in total. The smallest absolute Gasteiger partial charge is 0.267 e. The number of nitrogens with one attached hydrogen (secondary N) is 1. The maximum atomic E-state index is 12.4. The van der Waals surface area contributed by atoms with Gasteiger partial charge in [-0.15, -0.1) is 0 Å². The van der Waals surface area contributed by atoms with Crippen molar-refractivity contribution in [1.82, 2.24) is 4.72 Å². The van der Waals surface area contributed by atoms with Crippen molar-refractivity contribution in [2.75, 3.05) is 18.5 Å². The molecule has 6 nitrogen and oxygen atoms in total. The number of amides is 1. The first-order chi connectivity index (χ1) is 12.4. The predicted octanol–water partition coefficient (Wildman–Crippen LogP) is 2.57. The quantitative estimate of drug-likeness (QED) is 0.817. The second-order valence-corrected chi connectivity index (χ2v) is 8.22. The van der Waals surface area contributed by atoms with Crippen LogP contribution in [-0.4, -0.2) is 34.0 Å². The zero-order valence-electron chi connectivity index (χ0n) is 14.2. The summed E-state index contributed by atoms with van der Waals surface area (Å²) in [4.78, 5) is 13.9. The first-order valence-corrected chi connectivity index (χ1v) is 10.1. The minimum Gasteiger partial charge on any atom is -0.478 e. The molecule has 0 saturated carbocycles. The van der Waals surface area contributed by atoms with Crippen LogP contribution in [0.25, 0.3) is 0 Å². The number of nitrogens with zero attached hydrogens (tertiary/aromatic N) is 1. The number of carbonyl (C=O) groups is 1. The van der Waals surface area contributed by atoms with Crippen molar-refractivity contribution < 1.29 is 17.9 Å². The van der Waals surface area contributed by atoms with Crippen LogP contribution in [0.5, 0.6) is 5.75 Å². The van der Waals surface area contributed by atoms with Gasteiger partial charge in [0.25, 0.3) is 5.91 Å². The lowest BCUT2D eigenvalue weighted by atomic mass is 10.1. The van der Waals surface area contributed by atoms with E-state index >= 15 is 0 Å². The molecular weight excluding hydrogens is 376 g/mol. The second kappa shape index (κ2) is 7.65. The van der Waals surface area contributed by atoms with Crippen molar-refractivity contribution in [2.45, 2.75) is 18.3 Å². The Balaban J connectivity index is 1.59. The van der Waals surface area contributed by atoms with Gasteiger partial charge in [-0.3, -0.25) is 4.79 Å². The molecule has 2 aromatic rings. The molecule has 3 rings (SSSR count). The molecule has 8 heteroatoms. The normalized spacial score (nSPS) is 16.9. The molecule has 0 saturated heterocycles. The van der Waals surface area contributed by atoms with Crippen molar-refractivity contribution in [3.63, 3.8) is 0 Å². The van der Waals surface area contributed by atoms with Crippen LogP contribution in [0.4, 0.5) is 5.69 Å². The summed E-state index contributed by atoms with van der Waals surface area (Å²) in [5, 5.41) is 0.405. The summed E-state index contributed by atoms with van der Waals surface area (Å²) in [6, 6.07) is 14.0. The van der Waals surface area contributed by atoms with Crippen LogP contribution < -0.4 is 14.4 Å². The molecule has 1 atom stereocenters. The Morgan fingerprint density at radius 2 is 1.85 bits per heavy atom. The molecule has 2 aromatic carbocycles. The Kier molecular flexibility index (Phi) is 5.50. The third-order valence-electron chi connectivity index (χ3n) is 4.13. The Morgan fingerprint density at radius 1 is 1.15 bits per heavy atom. The number of para-hydroxylation sites is 2. The molecule has 0 radical (unpaired) electrons. The Morgan fingerprint density at radius 3 is 2.62 bits per heavy atom. The SMILES string of the molecule is CN1C(=O)C(CCNS(=O)(=O)Cc2ccccc2Cl)Oc2ccccc21. The second-order valence-electron chi connectivity index (χ2n) is 6.00. The third-order valence-corrected chi connectivity index (χ3v) is 5.84. The lowest BCUT2D eigenvalue weighted by molar-refractivity contribution is -0.126. The minimum absolute atomic E-state index is 0.0964. The molecule has 0 aromatic heterocycles. The van der Waals surface area contributed by atoms with Crippen LogP contribution in [0.1, 0.15) is 12.0 Å². The minimum atomic E-state index is -3.56. The fourth-order valence-corrected chi connectivity index (χ4v) is 4.25. The Bertz CT molecular complexity index is 917. The van der Waals surface area contributed by atoms with Gasteiger partial charge in [0.1, 0.15) is 5.75 Å². The van der Waals surface area contributed by atoms with E-state index in [1.54, 1.807) is 43.4 Å². The molecule has 26 heavy (non-hydrogen) atoms. The maximum Gasteiger partial charge on any atom is 0.267 e. The number of ether oxygens (including phenoxy) is 1. The van der Waals surface area contributed by atoms with Gasteiger partial charge in [-0.05, 0) is 23.8 Å². The summed E-state index contributed by atoms with van der Waals surface area (Å²) < 4.78 is 32.7. The summed E-state index contributed by atoms with van der Waals surface area (Å²) in [6.07, 6.45) is -0.489. The number of sulfonamides is 1. The first-order valence-electron chi connectivity index (χ1n) is 8.11. The number of anilines is 1. The van der Waals surface area contributed by atoms with Crippen LogP contribution in [0.3, 0.4) is 0 Å². The predicted molar refractivity (Wildman–Crippen MR) is 101 cm³/mol. The van der Waals surface area contributed by atoms with Crippen molar-refractivity contribution in [1.29, 1.82) is 0 Å². The van der Waals surface area contributed by atoms with Gasteiger partial charge in [-0.25, -0.2) is 13.1 Å². The number of likely N-dealkylation sites (N-methyl/N-ethyl adjacent to an activating group) is 1. The van der Waals surface area contributed by atoms with Gasteiger partial charge in [0, 0.05) is 25.0 Å². The average molecular weight is 395 g/mol. The fourth-order valence-electron chi connectivity index (χ4n) is 2.77. The number of benzene rings is 2. The lowest BCUT2D eigenvalue weighted by Crippen LogP contribution is -2.45. The van der Waals surface area contributed by atoms with E-state index in [4.69, 9.17) is 16.3 Å². The number of carbonyl (C=O) groups excluding carboxylic acids is 1. The summed E-state index contributed by atoms with van der Waals surface area (Å²) in [7, 11) is -1.89. The van der Waals surface area contributed by atoms with Gasteiger partial charge in [0.15, 0.2) is 6.10 Å². The van der Waals surface area contributed by atoms with Crippen molar-refractivity contribution in [3.8, 4) is 5.75 Å². The number of hydrogen-bond donors (Lipinski definition) is 1. The maximum absolute atomic E-state index is 12.4. The summed E-state index contributed by atoms with van der Waals surface area (Å²) in [5.41, 5.74) is 1.23. The zero-order chi connectivity index (χ0) is 18.7. The number of hydrogen-bond acceptors (Lipinski definition) is 4. The topological polar surface area (TPSA) is 75.7 Å². The van der Waals surface area contributed by atoms with Crippen molar-refractivity contribution in [3.05, 3.63) is 59.1 Å². The highest BCUT2D eigenvalue weighted by atomic mass is 35.5. The van der Waals surface area contributed by atoms with Crippen LogP contribution in [-0.2, 0) is 20.6 Å². The van der Waals surface area contributed by atoms with Crippen LogP contribution in [0.2, 0.25) is 5.02 Å². The van der Waals surface area contributed by atoms with Gasteiger partial charge >= 0.3 is 0 Å². The lowest BCUT2D eigenvalue weighted by Gasteiger charge is -2.31. The molecule has 0 fully saturated rings. The van der Waals surface area contributed by atoms with Gasteiger partial charge in [0.2, 0.25) is 10.0 Å². The number of fused-ring (bicyclic) bond motifs is 1. The number of rotatable bonds is 6. The molecule has 138 valence electrons. The molecular formula is C18H19ClN2O4S. The van der Waals surface area contributed by atoms with E-state index in [1.165, 1.54) is 4.90 Å². The third kappa shape index (κ3) is 4.17. The Labute approximate surface area is 157 Å². The molecule has 1 amide bonds.